The second kappa shape index (κ2) is 3.82. The topological polar surface area (TPSA) is 32.9 Å². The Balaban J connectivity index is 2.54. The second-order valence-corrected chi connectivity index (χ2v) is 4.57. The molecule has 3 heteroatoms. The minimum absolute atomic E-state index is 0.0706. The average molecular weight is 289 g/mol. The van der Waals surface area contributed by atoms with Crippen molar-refractivity contribution in [1.82, 2.24) is 4.98 Å². The molecular formula is C10H12INO. The van der Waals surface area contributed by atoms with Gasteiger partial charge in [0, 0.05) is 6.20 Å². The van der Waals surface area contributed by atoms with Crippen molar-refractivity contribution in [2.24, 2.45) is 0 Å². The first-order chi connectivity index (χ1) is 6.29. The number of nitrogens with one attached hydrogen (secondary N) is 1. The van der Waals surface area contributed by atoms with Gasteiger partial charge in [-0.05, 0) is 59.4 Å². The number of H-pyrrole nitrogens is 1. The Kier molecular flexibility index (Phi) is 2.71. The van der Waals surface area contributed by atoms with Crippen LogP contribution in [0.5, 0.6) is 0 Å². The van der Waals surface area contributed by atoms with Gasteiger partial charge in [0.05, 0.1) is 3.57 Å². The van der Waals surface area contributed by atoms with E-state index in [1.165, 1.54) is 30.4 Å². The molecule has 0 atom stereocenters. The van der Waals surface area contributed by atoms with Crippen LogP contribution in [0, 0.1) is 3.57 Å². The van der Waals surface area contributed by atoms with Crippen LogP contribution < -0.4 is 5.56 Å². The van der Waals surface area contributed by atoms with Crippen LogP contribution in [0.3, 0.4) is 0 Å². The number of pyridine rings is 1. The number of aromatic nitrogens is 1. The van der Waals surface area contributed by atoms with Gasteiger partial charge >= 0.3 is 0 Å². The third-order valence-corrected chi connectivity index (χ3v) is 3.74. The number of fused-ring (bicyclic) bond motifs is 1. The molecule has 0 spiro atoms. The summed E-state index contributed by atoms with van der Waals surface area (Å²) in [5.41, 5.74) is 2.71. The molecule has 1 heterocycles. The van der Waals surface area contributed by atoms with Crippen LogP contribution in [0.1, 0.15) is 30.4 Å². The van der Waals surface area contributed by atoms with Crippen LogP contribution in [-0.2, 0) is 12.8 Å². The fraction of sp³-hybridized carbons (Fsp3) is 0.500. The lowest BCUT2D eigenvalue weighted by Gasteiger charge is -2.05. The Morgan fingerprint density at radius 1 is 1.23 bits per heavy atom. The highest BCUT2D eigenvalue weighted by Crippen LogP contribution is 2.21. The summed E-state index contributed by atoms with van der Waals surface area (Å²) in [5.74, 6) is 0. The van der Waals surface area contributed by atoms with Gasteiger partial charge in [0.25, 0.3) is 5.56 Å². The molecule has 0 radical (unpaired) electrons. The number of rotatable bonds is 0. The van der Waals surface area contributed by atoms with E-state index in [9.17, 15) is 4.79 Å². The summed E-state index contributed by atoms with van der Waals surface area (Å²) in [6.45, 7) is 0. The lowest BCUT2D eigenvalue weighted by Crippen LogP contribution is -2.13. The normalized spacial score (nSPS) is 16.4. The predicted octanol–water partition coefficient (Wildman–Crippen LogP) is 2.25. The number of halogens is 1. The third-order valence-electron chi connectivity index (χ3n) is 2.60. The van der Waals surface area contributed by atoms with E-state index in [2.05, 4.69) is 27.6 Å². The maximum absolute atomic E-state index is 11.3. The van der Waals surface area contributed by atoms with Crippen molar-refractivity contribution in [1.29, 1.82) is 0 Å². The van der Waals surface area contributed by atoms with E-state index in [0.29, 0.717) is 0 Å². The van der Waals surface area contributed by atoms with E-state index < -0.39 is 0 Å². The molecule has 1 N–H and O–H groups in total. The molecule has 0 fully saturated rings. The van der Waals surface area contributed by atoms with Crippen LogP contribution in [-0.4, -0.2) is 4.98 Å². The lowest BCUT2D eigenvalue weighted by molar-refractivity contribution is 0.711. The molecule has 0 bridgehead atoms. The quantitative estimate of drug-likeness (QED) is 0.576. The lowest BCUT2D eigenvalue weighted by atomic mass is 10.1. The van der Waals surface area contributed by atoms with E-state index in [-0.39, 0.29) is 5.56 Å². The monoisotopic (exact) mass is 289 g/mol. The predicted molar refractivity (Wildman–Crippen MR) is 61.0 cm³/mol. The summed E-state index contributed by atoms with van der Waals surface area (Å²) >= 11 is 2.16. The van der Waals surface area contributed by atoms with E-state index in [1.54, 1.807) is 0 Å². The average Bonchev–Trinajstić information content (AvgIpc) is 2.36. The van der Waals surface area contributed by atoms with E-state index in [0.717, 1.165) is 16.4 Å². The first-order valence-corrected chi connectivity index (χ1v) is 5.76. The van der Waals surface area contributed by atoms with Gasteiger partial charge in [-0.2, -0.15) is 0 Å². The molecule has 0 aliphatic heterocycles. The van der Waals surface area contributed by atoms with Gasteiger partial charge in [-0.25, -0.2) is 0 Å². The first kappa shape index (κ1) is 9.24. The third kappa shape index (κ3) is 1.80. The molecule has 1 aromatic heterocycles. The molecule has 0 aromatic carbocycles. The minimum atomic E-state index is 0.0706. The highest BCUT2D eigenvalue weighted by molar-refractivity contribution is 14.1. The van der Waals surface area contributed by atoms with Gasteiger partial charge in [-0.3, -0.25) is 4.79 Å². The summed E-state index contributed by atoms with van der Waals surface area (Å²) in [7, 11) is 0. The van der Waals surface area contributed by atoms with Crippen molar-refractivity contribution in [3.63, 3.8) is 0 Å². The smallest absolute Gasteiger partial charge is 0.261 e. The summed E-state index contributed by atoms with van der Waals surface area (Å²) in [5, 5.41) is 0. The molecule has 0 saturated heterocycles. The summed E-state index contributed by atoms with van der Waals surface area (Å²) in [6, 6.07) is 0. The van der Waals surface area contributed by atoms with Gasteiger partial charge in [0.2, 0.25) is 0 Å². The van der Waals surface area contributed by atoms with Crippen molar-refractivity contribution in [2.75, 3.05) is 0 Å². The molecular weight excluding hydrogens is 277 g/mol. The van der Waals surface area contributed by atoms with Crippen LogP contribution in [0.4, 0.5) is 0 Å². The highest BCUT2D eigenvalue weighted by Gasteiger charge is 2.12. The Morgan fingerprint density at radius 2 is 2.00 bits per heavy atom. The standard InChI is InChI=1S/C10H12INO/c11-9-8-5-3-1-2-4-7(8)6-12-10(9)13/h6H,1-5H2,(H,12,13). The highest BCUT2D eigenvalue weighted by atomic mass is 127. The summed E-state index contributed by atoms with van der Waals surface area (Å²) in [4.78, 5) is 14.1. The van der Waals surface area contributed by atoms with Crippen LogP contribution in [0.2, 0.25) is 0 Å². The number of hydrogen-bond donors (Lipinski definition) is 1. The number of aryl methyl sites for hydroxylation is 1. The largest absolute Gasteiger partial charge is 0.328 e. The fourth-order valence-electron chi connectivity index (χ4n) is 1.87. The zero-order valence-corrected chi connectivity index (χ0v) is 9.56. The van der Waals surface area contributed by atoms with Gasteiger partial charge < -0.3 is 4.98 Å². The Hall–Kier alpha value is -0.320. The minimum Gasteiger partial charge on any atom is -0.328 e. The van der Waals surface area contributed by atoms with Crippen molar-refractivity contribution in [2.45, 2.75) is 32.1 Å². The molecule has 1 aromatic rings. The van der Waals surface area contributed by atoms with Crippen LogP contribution >= 0.6 is 22.6 Å². The molecule has 0 unspecified atom stereocenters. The molecule has 0 amide bonds. The zero-order chi connectivity index (χ0) is 9.26. The SMILES string of the molecule is O=c1[nH]cc2c(c1I)CCCCC2. The second-order valence-electron chi connectivity index (χ2n) is 3.50. The van der Waals surface area contributed by atoms with Gasteiger partial charge in [-0.15, -0.1) is 0 Å². The molecule has 0 saturated carbocycles. The van der Waals surface area contributed by atoms with Crippen molar-refractivity contribution >= 4 is 22.6 Å². The van der Waals surface area contributed by atoms with E-state index in [4.69, 9.17) is 0 Å². The Labute approximate surface area is 90.9 Å². The van der Waals surface area contributed by atoms with E-state index >= 15 is 0 Å². The van der Waals surface area contributed by atoms with Crippen LogP contribution in [0.15, 0.2) is 11.0 Å². The van der Waals surface area contributed by atoms with Crippen LogP contribution in [0.25, 0.3) is 0 Å². The van der Waals surface area contributed by atoms with Gasteiger partial charge in [0.15, 0.2) is 0 Å². The van der Waals surface area contributed by atoms with Crippen molar-refractivity contribution in [3.8, 4) is 0 Å². The van der Waals surface area contributed by atoms with Gasteiger partial charge in [-0.1, -0.05) is 6.42 Å². The Bertz CT molecular complexity index is 370. The summed E-state index contributed by atoms with van der Waals surface area (Å²) in [6.07, 6.45) is 7.88. The van der Waals surface area contributed by atoms with E-state index in [1.807, 2.05) is 6.20 Å². The van der Waals surface area contributed by atoms with Crippen molar-refractivity contribution in [3.05, 3.63) is 31.2 Å². The molecule has 2 rings (SSSR count). The Morgan fingerprint density at radius 3 is 2.85 bits per heavy atom. The fourth-order valence-corrected chi connectivity index (χ4v) is 2.64. The maximum atomic E-state index is 11.3. The molecule has 1 aliphatic carbocycles. The molecule has 2 nitrogen and oxygen atoms in total. The molecule has 70 valence electrons. The molecule has 1 aliphatic rings. The first-order valence-electron chi connectivity index (χ1n) is 4.68. The van der Waals surface area contributed by atoms with Gasteiger partial charge in [0.1, 0.15) is 0 Å². The zero-order valence-electron chi connectivity index (χ0n) is 7.40. The number of hydrogen-bond acceptors (Lipinski definition) is 1. The summed E-state index contributed by atoms with van der Waals surface area (Å²) < 4.78 is 0.900. The number of aromatic amines is 1. The van der Waals surface area contributed by atoms with Crippen molar-refractivity contribution < 1.29 is 0 Å². The molecule has 13 heavy (non-hydrogen) atoms. The maximum Gasteiger partial charge on any atom is 0.261 e.